The van der Waals surface area contributed by atoms with Gasteiger partial charge in [0.15, 0.2) is 0 Å². The average molecular weight is 215 g/mol. The molecule has 0 saturated heterocycles. The van der Waals surface area contributed by atoms with Crippen LogP contribution in [0.25, 0.3) is 0 Å². The molecule has 80 valence electrons. The van der Waals surface area contributed by atoms with Gasteiger partial charge in [0.25, 0.3) is 0 Å². The van der Waals surface area contributed by atoms with E-state index in [1.54, 1.807) is 6.07 Å². The highest BCUT2D eigenvalue weighted by Gasteiger charge is 2.11. The Morgan fingerprint density at radius 1 is 1.19 bits per heavy atom. The second kappa shape index (κ2) is 4.48. The number of hydrogen-bond acceptors (Lipinski definition) is 5. The van der Waals surface area contributed by atoms with Crippen LogP contribution in [0.15, 0.2) is 37.1 Å². The second-order valence-electron chi connectivity index (χ2n) is 3.03. The maximum Gasteiger partial charge on any atom is 0.214 e. The molecule has 2 heterocycles. The molecular formula is C11H9N3O2. The van der Waals surface area contributed by atoms with E-state index in [1.807, 2.05) is 0 Å². The first-order valence-electron chi connectivity index (χ1n) is 4.61. The molecule has 0 saturated carbocycles. The van der Waals surface area contributed by atoms with Crippen molar-refractivity contribution in [3.8, 4) is 5.75 Å². The largest absolute Gasteiger partial charge is 0.495 e. The van der Waals surface area contributed by atoms with Gasteiger partial charge in [-0.25, -0.2) is 4.98 Å². The third kappa shape index (κ3) is 2.03. The summed E-state index contributed by atoms with van der Waals surface area (Å²) in [6, 6.07) is 1.62. The maximum absolute atomic E-state index is 11.9. The van der Waals surface area contributed by atoms with E-state index in [4.69, 9.17) is 4.74 Å². The van der Waals surface area contributed by atoms with E-state index in [1.165, 1.54) is 38.1 Å². The lowest BCUT2D eigenvalue weighted by atomic mass is 10.1. The van der Waals surface area contributed by atoms with Crippen molar-refractivity contribution in [1.29, 1.82) is 0 Å². The third-order valence-electron chi connectivity index (χ3n) is 2.01. The fraction of sp³-hybridized carbons (Fsp3) is 0.0909. The number of methoxy groups -OCH3 is 1. The number of ether oxygens (including phenoxy) is 1. The van der Waals surface area contributed by atoms with Crippen LogP contribution in [0.5, 0.6) is 5.75 Å². The van der Waals surface area contributed by atoms with Gasteiger partial charge in [-0.15, -0.1) is 0 Å². The monoisotopic (exact) mass is 215 g/mol. The van der Waals surface area contributed by atoms with Crippen LogP contribution in [0, 0.1) is 0 Å². The highest BCUT2D eigenvalue weighted by atomic mass is 16.5. The highest BCUT2D eigenvalue weighted by Crippen LogP contribution is 2.12. The zero-order valence-electron chi connectivity index (χ0n) is 8.62. The summed E-state index contributed by atoms with van der Waals surface area (Å²) in [4.78, 5) is 23.6. The van der Waals surface area contributed by atoms with Gasteiger partial charge in [-0.2, -0.15) is 0 Å². The molecule has 16 heavy (non-hydrogen) atoms. The molecule has 5 nitrogen and oxygen atoms in total. The topological polar surface area (TPSA) is 65.0 Å². The zero-order valence-corrected chi connectivity index (χ0v) is 8.62. The van der Waals surface area contributed by atoms with E-state index in [2.05, 4.69) is 15.0 Å². The molecule has 2 aromatic rings. The minimum atomic E-state index is -0.223. The van der Waals surface area contributed by atoms with Crippen molar-refractivity contribution in [3.05, 3.63) is 48.3 Å². The Balaban J connectivity index is 2.34. The first-order chi connectivity index (χ1) is 7.81. The molecule has 0 bridgehead atoms. The number of carbonyl (C=O) groups is 1. The smallest absolute Gasteiger partial charge is 0.214 e. The Morgan fingerprint density at radius 3 is 2.75 bits per heavy atom. The Hall–Kier alpha value is -2.30. The van der Waals surface area contributed by atoms with Crippen LogP contribution in [-0.2, 0) is 0 Å². The molecule has 5 heteroatoms. The van der Waals surface area contributed by atoms with Gasteiger partial charge in [-0.05, 0) is 6.07 Å². The third-order valence-corrected chi connectivity index (χ3v) is 2.01. The number of pyridine rings is 1. The minimum Gasteiger partial charge on any atom is -0.495 e. The fourth-order valence-electron chi connectivity index (χ4n) is 1.22. The van der Waals surface area contributed by atoms with E-state index in [0.29, 0.717) is 11.3 Å². The van der Waals surface area contributed by atoms with Gasteiger partial charge >= 0.3 is 0 Å². The summed E-state index contributed by atoms with van der Waals surface area (Å²) in [6.45, 7) is 0. The maximum atomic E-state index is 11.9. The molecule has 2 aromatic heterocycles. The van der Waals surface area contributed by atoms with E-state index in [9.17, 15) is 4.79 Å². The van der Waals surface area contributed by atoms with Gasteiger partial charge in [0.1, 0.15) is 11.4 Å². The second-order valence-corrected chi connectivity index (χ2v) is 3.03. The Bertz CT molecular complexity index is 500. The lowest BCUT2D eigenvalue weighted by Crippen LogP contribution is -2.05. The number of ketones is 1. The highest BCUT2D eigenvalue weighted by molar-refractivity contribution is 6.07. The molecule has 0 unspecified atom stereocenters. The summed E-state index contributed by atoms with van der Waals surface area (Å²) in [6.07, 6.45) is 7.41. The fourth-order valence-corrected chi connectivity index (χ4v) is 1.22. The van der Waals surface area contributed by atoms with E-state index in [0.717, 1.165) is 0 Å². The average Bonchev–Trinajstić information content (AvgIpc) is 2.39. The quantitative estimate of drug-likeness (QED) is 0.717. The summed E-state index contributed by atoms with van der Waals surface area (Å²) >= 11 is 0. The Morgan fingerprint density at radius 2 is 2.06 bits per heavy atom. The van der Waals surface area contributed by atoms with Crippen molar-refractivity contribution in [3.63, 3.8) is 0 Å². The first-order valence-corrected chi connectivity index (χ1v) is 4.61. The van der Waals surface area contributed by atoms with Crippen LogP contribution in [0.4, 0.5) is 0 Å². The Labute approximate surface area is 92.2 Å². The van der Waals surface area contributed by atoms with Crippen LogP contribution in [0.3, 0.4) is 0 Å². The molecule has 0 aromatic carbocycles. The summed E-state index contributed by atoms with van der Waals surface area (Å²) in [5.74, 6) is 0.314. The summed E-state index contributed by atoms with van der Waals surface area (Å²) in [5.41, 5.74) is 0.720. The van der Waals surface area contributed by atoms with Crippen LogP contribution in [0.2, 0.25) is 0 Å². The van der Waals surface area contributed by atoms with Crippen LogP contribution in [-0.4, -0.2) is 27.8 Å². The molecule has 0 amide bonds. The predicted octanol–water partition coefficient (Wildman–Crippen LogP) is 1.11. The van der Waals surface area contributed by atoms with Gasteiger partial charge in [0.05, 0.1) is 19.5 Å². The predicted molar refractivity (Wildman–Crippen MR) is 56.3 cm³/mol. The van der Waals surface area contributed by atoms with Crippen molar-refractivity contribution in [2.75, 3.05) is 7.11 Å². The van der Waals surface area contributed by atoms with Gasteiger partial charge < -0.3 is 4.74 Å². The molecule has 0 fully saturated rings. The number of carbonyl (C=O) groups excluding carboxylic acids is 1. The Kier molecular flexibility index (Phi) is 2.86. The van der Waals surface area contributed by atoms with Crippen molar-refractivity contribution in [1.82, 2.24) is 15.0 Å². The molecule has 0 spiro atoms. The van der Waals surface area contributed by atoms with Gasteiger partial charge in [-0.1, -0.05) is 0 Å². The minimum absolute atomic E-state index is 0.223. The van der Waals surface area contributed by atoms with Gasteiger partial charge in [0.2, 0.25) is 5.78 Å². The van der Waals surface area contributed by atoms with Crippen molar-refractivity contribution >= 4 is 5.78 Å². The first kappa shape index (κ1) is 10.2. The van der Waals surface area contributed by atoms with Crippen LogP contribution in [0.1, 0.15) is 16.1 Å². The SMILES string of the molecule is COc1cncc(C(=O)c2cnccn2)c1. The van der Waals surface area contributed by atoms with E-state index >= 15 is 0 Å². The molecule has 0 radical (unpaired) electrons. The number of hydrogen-bond donors (Lipinski definition) is 0. The number of nitrogens with zero attached hydrogens (tertiary/aromatic N) is 3. The molecule has 0 aliphatic rings. The molecular weight excluding hydrogens is 206 g/mol. The lowest BCUT2D eigenvalue weighted by Gasteiger charge is -2.02. The van der Waals surface area contributed by atoms with E-state index in [-0.39, 0.29) is 11.5 Å². The summed E-state index contributed by atoms with van der Waals surface area (Å²) in [5, 5.41) is 0. The lowest BCUT2D eigenvalue weighted by molar-refractivity contribution is 0.103. The van der Waals surface area contributed by atoms with Crippen molar-refractivity contribution in [2.24, 2.45) is 0 Å². The molecule has 0 aliphatic carbocycles. The zero-order chi connectivity index (χ0) is 11.4. The number of aromatic nitrogens is 3. The van der Waals surface area contributed by atoms with E-state index < -0.39 is 0 Å². The standard InChI is InChI=1S/C11H9N3O2/c1-16-9-4-8(5-13-6-9)11(15)10-7-12-2-3-14-10/h2-7H,1H3. The van der Waals surface area contributed by atoms with Crippen LogP contribution >= 0.6 is 0 Å². The molecule has 0 N–H and O–H groups in total. The van der Waals surface area contributed by atoms with Crippen molar-refractivity contribution in [2.45, 2.75) is 0 Å². The molecule has 0 aliphatic heterocycles. The van der Waals surface area contributed by atoms with Gasteiger partial charge in [-0.3, -0.25) is 14.8 Å². The van der Waals surface area contributed by atoms with Gasteiger partial charge in [0, 0.05) is 24.2 Å². The molecule has 0 atom stereocenters. The summed E-state index contributed by atoms with van der Waals surface area (Å²) in [7, 11) is 1.52. The summed E-state index contributed by atoms with van der Waals surface area (Å²) < 4.78 is 4.99. The normalized spacial score (nSPS) is 9.81. The number of rotatable bonds is 3. The van der Waals surface area contributed by atoms with Crippen molar-refractivity contribution < 1.29 is 9.53 Å². The van der Waals surface area contributed by atoms with Crippen LogP contribution < -0.4 is 4.74 Å². The molecule has 2 rings (SSSR count).